The lowest BCUT2D eigenvalue weighted by atomic mass is 9.92. The molecule has 44 nitrogen and oxygen atoms in total. The molecule has 2 aliphatic rings. The first-order valence-corrected chi connectivity index (χ1v) is 53.1. The van der Waals surface area contributed by atoms with Gasteiger partial charge in [-0.1, -0.05) is 82.6 Å². The molecule has 0 saturated carbocycles. The van der Waals surface area contributed by atoms with E-state index < -0.39 is 95.3 Å². The van der Waals surface area contributed by atoms with Gasteiger partial charge in [-0.05, 0) is 92.7 Å². The van der Waals surface area contributed by atoms with Gasteiger partial charge in [-0.15, -0.1) is 0 Å². The Morgan fingerprint density at radius 3 is 1.23 bits per heavy atom. The third-order valence-electron chi connectivity index (χ3n) is 22.3. The molecule has 2 aliphatic heterocycles. The highest BCUT2D eigenvalue weighted by Crippen LogP contribution is 2.45. The number of amides is 7. The van der Waals surface area contributed by atoms with Crippen LogP contribution in [0.4, 0.5) is 0 Å². The SMILES string of the molecule is COCCOCCOCCOCCOCCOCCOCCOCCOCCOCCOCCOCCOCCOCCOCCOCCOCCOCCOCCOCCOCCOCCOCCOCCC(=O)NCCCC[C@H](NC(=O)[C@@H](NC(=O)CCCC(=O)[NH][Al])C(C)C)C(=O)NCc1ccc([C@H]2O[C@@H]2[C@@H](C)[C@@H]2C/C=C/C(=O)N[C@H](Cc3ccc(OC)c(Cl)c3)C(=O)NCC(C)(C)C(=O)O[C@@H](CC(C)C)C(=O)O2)cc1. The fourth-order valence-electron chi connectivity index (χ4n) is 13.8. The number of benzene rings is 2. The molecule has 2 aromatic rings. The normalized spacial score (nSPS) is 16.9. The molecule has 7 N–H and O–H groups in total. The zero-order valence-electron chi connectivity index (χ0n) is 89.5. The van der Waals surface area contributed by atoms with E-state index in [4.69, 9.17) is 144 Å². The highest BCUT2D eigenvalue weighted by molar-refractivity contribution is 6.32. The molecule has 0 aliphatic carbocycles. The minimum atomic E-state index is -1.31. The summed E-state index contributed by atoms with van der Waals surface area (Å²) < 4.78 is 158. The Hall–Kier alpha value is -6.97. The number of rotatable bonds is 96. The second-order valence-electron chi connectivity index (χ2n) is 35.8. The fourth-order valence-corrected chi connectivity index (χ4v) is 14.2. The van der Waals surface area contributed by atoms with Crippen LogP contribution >= 0.6 is 11.6 Å². The van der Waals surface area contributed by atoms with Gasteiger partial charge in [-0.2, -0.15) is 0 Å². The molecule has 2 radical (unpaired) electrons. The number of unbranched alkanes of at least 4 members (excludes halogenated alkanes) is 1. The number of nitrogens with one attached hydrogen (secondary N) is 7. The Kier molecular flexibility index (Phi) is 81.4. The van der Waals surface area contributed by atoms with Crippen molar-refractivity contribution in [3.63, 3.8) is 0 Å². The number of epoxide rings is 1. The van der Waals surface area contributed by atoms with E-state index in [0.717, 1.165) is 11.1 Å². The quantitative estimate of drug-likeness (QED) is 0.0208. The second kappa shape index (κ2) is 90.3. The molecule has 1 fully saturated rings. The highest BCUT2D eigenvalue weighted by atomic mass is 35.5. The molecule has 852 valence electrons. The summed E-state index contributed by atoms with van der Waals surface area (Å²) in [5.41, 5.74) is 0.845. The molecule has 8 atom stereocenters. The van der Waals surface area contributed by atoms with Gasteiger partial charge in [0, 0.05) is 64.8 Å². The maximum absolute atomic E-state index is 14.1. The Balaban J connectivity index is 0.936. The molecule has 2 heterocycles. The van der Waals surface area contributed by atoms with Crippen molar-refractivity contribution in [2.45, 2.75) is 162 Å². The lowest BCUT2D eigenvalue weighted by molar-refractivity contribution is -0.179. The Morgan fingerprint density at radius 2 is 0.852 bits per heavy atom. The molecule has 2 aromatic carbocycles. The number of halogens is 1. The standard InChI is InChI=1S/C103H174ClN7O37.Al/c1-79(2)74-90-101(119)146-88(15-12-17-93(114)109-87(76-83-21-24-89(122-9)85(104)75-83)99(117)108-78-103(6,7)102(120)147-90)81(5)96-97(148-96)84-22-19-82(20-23-84)77-107-98(116)86(110-100(118)95(80(3)4)111-94(115)18-13-16-91(105)112)14-10-11-26-106-92(113)25-27-123-30-31-125-34-35-127-38-39-129-42-43-131-46-47-133-50-51-135-54-55-137-58-59-139-62-63-141-66-67-143-70-71-145-73-72-144-69-68-142-65-64-140-61-60-138-57-56-136-53-52-134-49-48-132-45-44-130-41-40-128-37-36-126-33-32-124-29-28-121-8;/h12,17,19-24,75,79-81,86-88,90,95-97H,10-11,13-16,18,25-74,76-78H2,1-9H3,(H8,105,106,107,108,109,110,111,112,113,114,115,116,117,118);/q;+1/p-1/b17-12+;/t81-,86-,87+,88-,90-,95-,96+,97+;/m0./s1. The molecular formula is C103H173AlClN7O37. The predicted molar refractivity (Wildman–Crippen MR) is 547 cm³/mol. The summed E-state index contributed by atoms with van der Waals surface area (Å²) in [4.78, 5) is 121. The van der Waals surface area contributed by atoms with Crippen molar-refractivity contribution in [3.8, 4) is 5.75 Å². The molecule has 46 heteroatoms. The Morgan fingerprint density at radius 1 is 0.456 bits per heavy atom. The van der Waals surface area contributed by atoms with E-state index in [1.54, 1.807) is 59.1 Å². The van der Waals surface area contributed by atoms with E-state index in [1.807, 2.05) is 45.0 Å². The lowest BCUT2D eigenvalue weighted by Crippen LogP contribution is -2.55. The van der Waals surface area contributed by atoms with Gasteiger partial charge in [0.1, 0.15) is 36.1 Å². The Labute approximate surface area is 893 Å². The van der Waals surface area contributed by atoms with Crippen LogP contribution in [-0.2, 0) is 184 Å². The van der Waals surface area contributed by atoms with Crippen molar-refractivity contribution >= 4 is 81.4 Å². The maximum Gasteiger partial charge on any atom is 0.347 e. The fraction of sp³-hybridized carbons (Fsp3) is 0.777. The van der Waals surface area contributed by atoms with Gasteiger partial charge in [0.25, 0.3) is 0 Å². The topological polar surface area (TPSA) is 500 Å². The maximum atomic E-state index is 14.1. The first kappa shape index (κ1) is 134. The van der Waals surface area contributed by atoms with Crippen molar-refractivity contribution in [2.24, 2.45) is 23.2 Å². The minimum Gasteiger partial charge on any atom is -0.495 e. The van der Waals surface area contributed by atoms with Gasteiger partial charge in [-0.25, -0.2) is 4.79 Å². The third-order valence-corrected chi connectivity index (χ3v) is 22.9. The number of carbonyl (C=O) groups is 9. The molecular weight excluding hydrogens is 1990 g/mol. The van der Waals surface area contributed by atoms with Crippen LogP contribution in [0.25, 0.3) is 0 Å². The lowest BCUT2D eigenvalue weighted by Gasteiger charge is -2.29. The van der Waals surface area contributed by atoms with Gasteiger partial charge in [0.05, 0.1) is 334 Å². The van der Waals surface area contributed by atoms with E-state index in [0.29, 0.717) is 333 Å². The van der Waals surface area contributed by atoms with Crippen LogP contribution < -0.4 is 40.9 Å². The average Bonchev–Trinajstić information content (AvgIpc) is 1.63. The van der Waals surface area contributed by atoms with Gasteiger partial charge >= 0.3 is 28.4 Å². The van der Waals surface area contributed by atoms with E-state index in [-0.39, 0.29) is 101 Å². The Bertz CT molecular complexity index is 3810. The van der Waals surface area contributed by atoms with Gasteiger partial charge in [0.2, 0.25) is 35.4 Å². The molecule has 0 spiro atoms. The third kappa shape index (κ3) is 70.9. The van der Waals surface area contributed by atoms with Crippen molar-refractivity contribution in [1.29, 1.82) is 0 Å². The van der Waals surface area contributed by atoms with Crippen molar-refractivity contribution in [2.75, 3.05) is 338 Å². The van der Waals surface area contributed by atoms with Gasteiger partial charge in [0.15, 0.2) is 12.0 Å². The van der Waals surface area contributed by atoms with E-state index in [1.165, 1.54) is 13.2 Å². The molecule has 0 aromatic heterocycles. The number of hydrogen-bond acceptors (Lipinski definition) is 37. The van der Waals surface area contributed by atoms with Gasteiger partial charge in [-0.3, -0.25) is 38.4 Å². The number of carbonyl (C=O) groups excluding carboxylic acids is 9. The van der Waals surface area contributed by atoms with Crippen molar-refractivity contribution < 1.29 is 176 Å². The first-order chi connectivity index (χ1) is 72.5. The molecule has 0 unspecified atom stereocenters. The van der Waals surface area contributed by atoms with E-state index in [2.05, 4.69) is 52.7 Å². The molecule has 4 rings (SSSR count). The van der Waals surface area contributed by atoms with Crippen LogP contribution in [0, 0.1) is 23.2 Å². The molecule has 149 heavy (non-hydrogen) atoms. The van der Waals surface area contributed by atoms with E-state index in [9.17, 15) is 43.2 Å². The van der Waals surface area contributed by atoms with Crippen LogP contribution in [0.5, 0.6) is 5.75 Å². The van der Waals surface area contributed by atoms with Crippen molar-refractivity contribution in [1.82, 2.24) is 36.2 Å². The smallest absolute Gasteiger partial charge is 0.347 e. The molecule has 1 saturated heterocycles. The summed E-state index contributed by atoms with van der Waals surface area (Å²) in [6.07, 6.45) is 1.62. The van der Waals surface area contributed by atoms with Crippen LogP contribution in [0.3, 0.4) is 0 Å². The summed E-state index contributed by atoms with van der Waals surface area (Å²) in [5, 5.41) is 17.3. The number of methoxy groups -OCH3 is 2. The number of ether oxygens (including phenoxy) is 28. The number of hydrogen-bond donors (Lipinski definition) is 7. The van der Waals surface area contributed by atoms with E-state index >= 15 is 0 Å². The summed E-state index contributed by atoms with van der Waals surface area (Å²) >= 11 is 8.55. The predicted octanol–water partition coefficient (Wildman–Crippen LogP) is 4.44. The summed E-state index contributed by atoms with van der Waals surface area (Å²) in [6, 6.07) is 9.30. The number of esters is 2. The van der Waals surface area contributed by atoms with Crippen molar-refractivity contribution in [3.05, 3.63) is 76.3 Å². The van der Waals surface area contributed by atoms with Gasteiger partial charge < -0.3 is 169 Å². The highest BCUT2D eigenvalue weighted by Gasteiger charge is 2.48. The molecule has 7 amide bonds. The van der Waals surface area contributed by atoms with Crippen LogP contribution in [-0.4, -0.2) is 444 Å². The van der Waals surface area contributed by atoms with Crippen LogP contribution in [0.1, 0.15) is 129 Å². The zero-order valence-corrected chi connectivity index (χ0v) is 91.4. The average molecular weight is 2160 g/mol. The summed E-state index contributed by atoms with van der Waals surface area (Å²) in [6.45, 7) is 33.6. The van der Waals surface area contributed by atoms with Crippen LogP contribution in [0.15, 0.2) is 54.6 Å². The first-order valence-electron chi connectivity index (χ1n) is 52.1. The second-order valence-corrected chi connectivity index (χ2v) is 36.5. The monoisotopic (exact) mass is 2160 g/mol. The summed E-state index contributed by atoms with van der Waals surface area (Å²) in [5.74, 6) is -5.09. The minimum absolute atomic E-state index is 0.00129. The summed E-state index contributed by atoms with van der Waals surface area (Å²) in [7, 11) is 3.12. The van der Waals surface area contributed by atoms with Crippen LogP contribution in [0.2, 0.25) is 5.02 Å². The zero-order chi connectivity index (χ0) is 108. The largest absolute Gasteiger partial charge is 0.495 e. The number of cyclic esters (lactones) is 2. The molecule has 0 bridgehead atoms.